The zero-order valence-electron chi connectivity index (χ0n) is 12.5. The van der Waals surface area contributed by atoms with E-state index < -0.39 is 6.04 Å². The lowest BCUT2D eigenvalue weighted by molar-refractivity contribution is -0.126. The lowest BCUT2D eigenvalue weighted by atomic mass is 9.88. The third-order valence-corrected chi connectivity index (χ3v) is 3.95. The molecule has 2 aromatic rings. The molecule has 0 bridgehead atoms. The van der Waals surface area contributed by atoms with Crippen LogP contribution in [0.3, 0.4) is 0 Å². The quantitative estimate of drug-likeness (QED) is 0.878. The maximum atomic E-state index is 12.2. The van der Waals surface area contributed by atoms with Gasteiger partial charge in [0, 0.05) is 5.69 Å². The van der Waals surface area contributed by atoms with Crippen LogP contribution in [-0.2, 0) is 4.79 Å². The molecular formula is C17H18N2O3. The topological polar surface area (TPSA) is 64.8 Å². The van der Waals surface area contributed by atoms with Gasteiger partial charge in [-0.25, -0.2) is 0 Å². The molecule has 3 rings (SSSR count). The Morgan fingerprint density at radius 2 is 1.41 bits per heavy atom. The molecule has 1 saturated heterocycles. The summed E-state index contributed by atoms with van der Waals surface area (Å²) in [5, 5.41) is 0. The Morgan fingerprint density at radius 3 is 1.91 bits per heavy atom. The summed E-state index contributed by atoms with van der Waals surface area (Å²) in [7, 11) is 3.23. The number of benzene rings is 2. The minimum absolute atomic E-state index is 0.0778. The van der Waals surface area contributed by atoms with Crippen LogP contribution < -0.4 is 20.1 Å². The molecule has 0 unspecified atom stereocenters. The third-order valence-electron chi connectivity index (χ3n) is 3.95. The first-order chi connectivity index (χ1) is 10.7. The summed E-state index contributed by atoms with van der Waals surface area (Å²) in [4.78, 5) is 13.9. The molecule has 0 spiro atoms. The van der Waals surface area contributed by atoms with Crippen LogP contribution in [-0.4, -0.2) is 26.2 Å². The van der Waals surface area contributed by atoms with E-state index in [9.17, 15) is 4.79 Å². The maximum Gasteiger partial charge on any atom is 0.247 e. The fraction of sp³-hybridized carbons (Fsp3) is 0.235. The van der Waals surface area contributed by atoms with Gasteiger partial charge in [-0.05, 0) is 42.0 Å². The molecule has 22 heavy (non-hydrogen) atoms. The van der Waals surface area contributed by atoms with Gasteiger partial charge in [-0.1, -0.05) is 12.1 Å². The van der Waals surface area contributed by atoms with Gasteiger partial charge < -0.3 is 20.1 Å². The number of rotatable bonds is 4. The first-order valence-electron chi connectivity index (χ1n) is 7.02. The van der Waals surface area contributed by atoms with Crippen molar-refractivity contribution < 1.29 is 14.3 Å². The molecule has 1 heterocycles. The molecular weight excluding hydrogens is 280 g/mol. The van der Waals surface area contributed by atoms with E-state index in [0.29, 0.717) is 0 Å². The van der Waals surface area contributed by atoms with Crippen molar-refractivity contribution in [3.8, 4) is 11.5 Å². The van der Waals surface area contributed by atoms with Crippen LogP contribution in [0.25, 0.3) is 0 Å². The summed E-state index contributed by atoms with van der Waals surface area (Å²) in [6, 6.07) is 14.3. The number of amides is 1. The van der Waals surface area contributed by atoms with Crippen molar-refractivity contribution >= 4 is 11.6 Å². The summed E-state index contributed by atoms with van der Waals surface area (Å²) in [6.45, 7) is 0. The van der Waals surface area contributed by atoms with Crippen LogP contribution >= 0.6 is 0 Å². The minimum Gasteiger partial charge on any atom is -0.497 e. The molecule has 5 nitrogen and oxygen atoms in total. The Morgan fingerprint density at radius 1 is 0.909 bits per heavy atom. The fourth-order valence-corrected chi connectivity index (χ4v) is 2.70. The predicted molar refractivity (Wildman–Crippen MR) is 84.2 cm³/mol. The van der Waals surface area contributed by atoms with Crippen molar-refractivity contribution in [3.63, 3.8) is 0 Å². The van der Waals surface area contributed by atoms with Gasteiger partial charge in [-0.2, -0.15) is 0 Å². The van der Waals surface area contributed by atoms with Crippen LogP contribution in [0.4, 0.5) is 5.69 Å². The number of methoxy groups -OCH3 is 2. The highest BCUT2D eigenvalue weighted by atomic mass is 16.5. The first-order valence-corrected chi connectivity index (χ1v) is 7.02. The lowest BCUT2D eigenvalue weighted by Gasteiger charge is -2.45. The van der Waals surface area contributed by atoms with Crippen LogP contribution in [0, 0.1) is 0 Å². The smallest absolute Gasteiger partial charge is 0.247 e. The average molecular weight is 298 g/mol. The van der Waals surface area contributed by atoms with Crippen molar-refractivity contribution in [2.75, 3.05) is 19.1 Å². The summed E-state index contributed by atoms with van der Waals surface area (Å²) in [6.07, 6.45) is 0. The Balaban J connectivity index is 1.89. The van der Waals surface area contributed by atoms with Gasteiger partial charge in [-0.15, -0.1) is 0 Å². The third kappa shape index (κ3) is 2.29. The predicted octanol–water partition coefficient (Wildman–Crippen LogP) is 2.12. The van der Waals surface area contributed by atoms with E-state index in [1.165, 1.54) is 0 Å². The maximum absolute atomic E-state index is 12.2. The van der Waals surface area contributed by atoms with E-state index in [1.54, 1.807) is 19.1 Å². The number of hydrogen-bond acceptors (Lipinski definition) is 4. The van der Waals surface area contributed by atoms with Gasteiger partial charge >= 0.3 is 0 Å². The Kier molecular flexibility index (Phi) is 3.73. The Labute approximate surface area is 129 Å². The SMILES string of the molecule is COc1ccc([C@@H]2[C@H](N)C(=O)N2c2ccc(OC)cc2)cc1. The molecule has 2 atom stereocenters. The summed E-state index contributed by atoms with van der Waals surface area (Å²) >= 11 is 0. The van der Waals surface area contributed by atoms with Crippen molar-refractivity contribution in [2.24, 2.45) is 5.73 Å². The van der Waals surface area contributed by atoms with E-state index in [0.717, 1.165) is 22.7 Å². The van der Waals surface area contributed by atoms with Crippen molar-refractivity contribution in [1.82, 2.24) is 0 Å². The van der Waals surface area contributed by atoms with Gasteiger partial charge in [0.25, 0.3) is 0 Å². The van der Waals surface area contributed by atoms with Gasteiger partial charge in [0.1, 0.15) is 17.5 Å². The van der Waals surface area contributed by atoms with E-state index in [1.807, 2.05) is 48.5 Å². The van der Waals surface area contributed by atoms with Crippen LogP contribution in [0.5, 0.6) is 11.5 Å². The second kappa shape index (κ2) is 5.69. The standard InChI is InChI=1S/C17H18N2O3/c1-21-13-7-3-11(4-8-13)16-15(18)17(20)19(16)12-5-9-14(22-2)10-6-12/h3-10,15-16H,18H2,1-2H3/t15-,16+/m0/s1. The summed E-state index contributed by atoms with van der Waals surface area (Å²) in [5.74, 6) is 1.45. The second-order valence-electron chi connectivity index (χ2n) is 5.15. The van der Waals surface area contributed by atoms with Crippen LogP contribution in [0.1, 0.15) is 11.6 Å². The number of β-lactam (4-membered cyclic amide) rings is 1. The average Bonchev–Trinajstić information content (AvgIpc) is 2.59. The molecule has 0 radical (unpaired) electrons. The first kappa shape index (κ1) is 14.4. The molecule has 0 aliphatic carbocycles. The zero-order chi connectivity index (χ0) is 15.7. The Bertz CT molecular complexity index is 667. The van der Waals surface area contributed by atoms with Gasteiger partial charge in [0.05, 0.1) is 20.3 Å². The summed E-state index contributed by atoms with van der Waals surface area (Å²) in [5.41, 5.74) is 7.81. The molecule has 1 fully saturated rings. The molecule has 5 heteroatoms. The van der Waals surface area contributed by atoms with Crippen LogP contribution in [0.15, 0.2) is 48.5 Å². The number of carbonyl (C=O) groups is 1. The van der Waals surface area contributed by atoms with Gasteiger partial charge in [0.15, 0.2) is 0 Å². The second-order valence-corrected chi connectivity index (χ2v) is 5.15. The van der Waals surface area contributed by atoms with Gasteiger partial charge in [0.2, 0.25) is 5.91 Å². The van der Waals surface area contributed by atoms with Crippen molar-refractivity contribution in [1.29, 1.82) is 0 Å². The number of hydrogen-bond donors (Lipinski definition) is 1. The molecule has 0 aromatic heterocycles. The number of anilines is 1. The molecule has 114 valence electrons. The van der Waals surface area contributed by atoms with Crippen LogP contribution in [0.2, 0.25) is 0 Å². The minimum atomic E-state index is -0.518. The molecule has 2 aromatic carbocycles. The Hall–Kier alpha value is -2.53. The molecule has 1 aliphatic rings. The van der Waals surface area contributed by atoms with E-state index in [-0.39, 0.29) is 11.9 Å². The highest BCUT2D eigenvalue weighted by Crippen LogP contribution is 2.39. The van der Waals surface area contributed by atoms with E-state index in [2.05, 4.69) is 0 Å². The number of ether oxygens (including phenoxy) is 2. The number of carbonyl (C=O) groups excluding carboxylic acids is 1. The highest BCUT2D eigenvalue weighted by Gasteiger charge is 2.46. The van der Waals surface area contributed by atoms with Crippen molar-refractivity contribution in [2.45, 2.75) is 12.1 Å². The monoisotopic (exact) mass is 298 g/mol. The zero-order valence-corrected chi connectivity index (χ0v) is 12.5. The van der Waals surface area contributed by atoms with Gasteiger partial charge in [-0.3, -0.25) is 4.79 Å². The van der Waals surface area contributed by atoms with E-state index >= 15 is 0 Å². The van der Waals surface area contributed by atoms with Crippen molar-refractivity contribution in [3.05, 3.63) is 54.1 Å². The molecule has 1 aliphatic heterocycles. The lowest BCUT2D eigenvalue weighted by Crippen LogP contribution is -2.63. The highest BCUT2D eigenvalue weighted by molar-refractivity contribution is 6.05. The number of nitrogens with two attached hydrogens (primary N) is 1. The molecule has 2 N–H and O–H groups in total. The normalized spacial score (nSPS) is 20.5. The largest absolute Gasteiger partial charge is 0.497 e. The van der Waals surface area contributed by atoms with E-state index in [4.69, 9.17) is 15.2 Å². The molecule has 0 saturated carbocycles. The summed E-state index contributed by atoms with van der Waals surface area (Å²) < 4.78 is 10.3. The molecule has 1 amide bonds. The fourth-order valence-electron chi connectivity index (χ4n) is 2.70. The number of nitrogens with zero attached hydrogens (tertiary/aromatic N) is 1.